The normalized spacial score (nSPS) is 14.5. The molecule has 1 aromatic heterocycles. The number of pyridine rings is 1. The van der Waals surface area contributed by atoms with E-state index in [4.69, 9.17) is 9.47 Å². The molecule has 1 N–H and O–H groups in total. The van der Waals surface area contributed by atoms with Crippen molar-refractivity contribution in [2.24, 2.45) is 5.92 Å². The lowest BCUT2D eigenvalue weighted by molar-refractivity contribution is -0.121. The van der Waals surface area contributed by atoms with Crippen molar-refractivity contribution in [1.82, 2.24) is 10.3 Å². The Labute approximate surface area is 167 Å². The van der Waals surface area contributed by atoms with Gasteiger partial charge in [-0.25, -0.2) is 4.98 Å². The van der Waals surface area contributed by atoms with Crippen LogP contribution in [0.25, 0.3) is 0 Å². The quantitative estimate of drug-likeness (QED) is 0.643. The summed E-state index contributed by atoms with van der Waals surface area (Å²) in [6, 6.07) is 11.3. The number of carbonyl (C=O) groups is 1. The number of rotatable bonds is 9. The number of carbonyl (C=O) groups excluding carboxylic acids is 1. The predicted octanol–water partition coefficient (Wildman–Crippen LogP) is 5.25. The lowest BCUT2D eigenvalue weighted by atomic mass is 9.86. The molecule has 5 heteroatoms. The zero-order valence-corrected chi connectivity index (χ0v) is 16.7. The third-order valence-corrected chi connectivity index (χ3v) is 5.16. The fourth-order valence-electron chi connectivity index (χ4n) is 3.60. The summed E-state index contributed by atoms with van der Waals surface area (Å²) in [5.74, 6) is 2.69. The highest BCUT2D eigenvalue weighted by molar-refractivity contribution is 5.75. The number of hydrogen-bond donors (Lipinski definition) is 1. The molecular formula is C23H30N2O3. The molecule has 0 saturated heterocycles. The zero-order chi connectivity index (χ0) is 19.6. The van der Waals surface area contributed by atoms with Gasteiger partial charge in [-0.2, -0.15) is 0 Å². The van der Waals surface area contributed by atoms with Crippen LogP contribution in [-0.2, 0) is 11.3 Å². The molecule has 1 aromatic carbocycles. The van der Waals surface area contributed by atoms with Crippen LogP contribution in [0.3, 0.4) is 0 Å². The first-order valence-electron chi connectivity index (χ1n) is 10.4. The average molecular weight is 383 g/mol. The van der Waals surface area contributed by atoms with Gasteiger partial charge in [0.15, 0.2) is 11.5 Å². The van der Waals surface area contributed by atoms with Gasteiger partial charge in [0.25, 0.3) is 0 Å². The second-order valence-corrected chi connectivity index (χ2v) is 7.31. The summed E-state index contributed by atoms with van der Waals surface area (Å²) in [5.41, 5.74) is 0.955. The van der Waals surface area contributed by atoms with E-state index < -0.39 is 0 Å². The minimum atomic E-state index is 0.122. The van der Waals surface area contributed by atoms with Crippen LogP contribution < -0.4 is 14.8 Å². The summed E-state index contributed by atoms with van der Waals surface area (Å²) in [7, 11) is 0. The van der Waals surface area contributed by atoms with Crippen LogP contribution in [0.1, 0.15) is 57.4 Å². The fraction of sp³-hybridized carbons (Fsp3) is 0.478. The highest BCUT2D eigenvalue weighted by Gasteiger charge is 2.14. The number of benzene rings is 1. The van der Waals surface area contributed by atoms with Crippen molar-refractivity contribution in [1.29, 1.82) is 0 Å². The number of ether oxygens (including phenoxy) is 2. The number of nitrogens with zero attached hydrogens (tertiary/aromatic N) is 1. The third-order valence-electron chi connectivity index (χ3n) is 5.16. The smallest absolute Gasteiger partial charge is 0.220 e. The second kappa shape index (κ2) is 10.7. The Balaban J connectivity index is 1.44. The fourth-order valence-corrected chi connectivity index (χ4v) is 3.60. The van der Waals surface area contributed by atoms with Crippen molar-refractivity contribution in [2.75, 3.05) is 6.61 Å². The molecule has 5 nitrogen and oxygen atoms in total. The molecule has 2 aromatic rings. The molecular weight excluding hydrogens is 352 g/mol. The maximum absolute atomic E-state index is 12.1. The molecule has 150 valence electrons. The van der Waals surface area contributed by atoms with Crippen LogP contribution in [0.4, 0.5) is 0 Å². The van der Waals surface area contributed by atoms with Gasteiger partial charge in [-0.3, -0.25) is 4.79 Å². The first-order valence-corrected chi connectivity index (χ1v) is 10.4. The first kappa shape index (κ1) is 20.2. The first-order chi connectivity index (χ1) is 13.7. The molecule has 0 unspecified atom stereocenters. The number of hydrogen-bond acceptors (Lipinski definition) is 4. The molecule has 1 aliphatic carbocycles. The topological polar surface area (TPSA) is 60.5 Å². The van der Waals surface area contributed by atoms with E-state index in [0.717, 1.165) is 17.9 Å². The van der Waals surface area contributed by atoms with Crippen LogP contribution >= 0.6 is 0 Å². The Bertz CT molecular complexity index is 740. The van der Waals surface area contributed by atoms with E-state index >= 15 is 0 Å². The van der Waals surface area contributed by atoms with Gasteiger partial charge >= 0.3 is 0 Å². The van der Waals surface area contributed by atoms with Crippen LogP contribution in [0.2, 0.25) is 0 Å². The van der Waals surface area contributed by atoms with Gasteiger partial charge in [0.2, 0.25) is 11.8 Å². The van der Waals surface area contributed by atoms with Crippen molar-refractivity contribution in [2.45, 2.75) is 58.4 Å². The molecule has 0 bridgehead atoms. The molecule has 1 amide bonds. The Morgan fingerprint density at radius 2 is 1.89 bits per heavy atom. The van der Waals surface area contributed by atoms with Crippen LogP contribution in [0.5, 0.6) is 17.4 Å². The SMILES string of the molecule is CCOc1ccccc1Oc1ccc(CNC(=O)CCC2CCCCC2)cn1. The van der Waals surface area contributed by atoms with Gasteiger partial charge in [-0.1, -0.05) is 50.3 Å². The van der Waals surface area contributed by atoms with Gasteiger partial charge in [0.05, 0.1) is 6.61 Å². The maximum atomic E-state index is 12.1. The van der Waals surface area contributed by atoms with E-state index in [1.165, 1.54) is 32.1 Å². The van der Waals surface area contributed by atoms with Crippen molar-refractivity contribution in [3.8, 4) is 17.4 Å². The van der Waals surface area contributed by atoms with E-state index in [9.17, 15) is 4.79 Å². The monoisotopic (exact) mass is 382 g/mol. The Hall–Kier alpha value is -2.56. The molecule has 3 rings (SSSR count). The predicted molar refractivity (Wildman–Crippen MR) is 110 cm³/mol. The van der Waals surface area contributed by atoms with Crippen LogP contribution in [0, 0.1) is 5.92 Å². The van der Waals surface area contributed by atoms with Gasteiger partial charge in [-0.05, 0) is 37.0 Å². The molecule has 28 heavy (non-hydrogen) atoms. The number of para-hydroxylation sites is 2. The van der Waals surface area contributed by atoms with Crippen molar-refractivity contribution >= 4 is 5.91 Å². The standard InChI is InChI=1S/C23H30N2O3/c1-2-27-20-10-6-7-11-21(20)28-23-15-13-19(17-25-23)16-24-22(26)14-12-18-8-4-3-5-9-18/h6-7,10-11,13,15,17-18H,2-5,8-9,12,14,16H2,1H3,(H,24,26). The summed E-state index contributed by atoms with van der Waals surface area (Å²) in [5, 5.41) is 2.99. The summed E-state index contributed by atoms with van der Waals surface area (Å²) in [4.78, 5) is 16.4. The third kappa shape index (κ3) is 6.25. The largest absolute Gasteiger partial charge is 0.490 e. The highest BCUT2D eigenvalue weighted by atomic mass is 16.5. The van der Waals surface area contributed by atoms with Gasteiger partial charge in [0, 0.05) is 25.2 Å². The minimum absolute atomic E-state index is 0.122. The van der Waals surface area contributed by atoms with E-state index in [1.54, 1.807) is 6.20 Å². The van der Waals surface area contributed by atoms with Crippen LogP contribution in [-0.4, -0.2) is 17.5 Å². The van der Waals surface area contributed by atoms with Gasteiger partial charge in [0.1, 0.15) is 0 Å². The second-order valence-electron chi connectivity index (χ2n) is 7.31. The molecule has 1 saturated carbocycles. The van der Waals surface area contributed by atoms with Crippen LogP contribution in [0.15, 0.2) is 42.6 Å². The Kier molecular flexibility index (Phi) is 7.71. The molecule has 1 heterocycles. The van der Waals surface area contributed by atoms with Gasteiger partial charge < -0.3 is 14.8 Å². The van der Waals surface area contributed by atoms with Crippen molar-refractivity contribution in [3.63, 3.8) is 0 Å². The van der Waals surface area contributed by atoms with Crippen molar-refractivity contribution < 1.29 is 14.3 Å². The molecule has 0 atom stereocenters. The highest BCUT2D eigenvalue weighted by Crippen LogP contribution is 2.30. The minimum Gasteiger partial charge on any atom is -0.490 e. The van der Waals surface area contributed by atoms with E-state index in [-0.39, 0.29) is 5.91 Å². The summed E-state index contributed by atoms with van der Waals surface area (Å²) in [6.45, 7) is 3.01. The lowest BCUT2D eigenvalue weighted by Gasteiger charge is -2.20. The molecule has 0 spiro atoms. The maximum Gasteiger partial charge on any atom is 0.220 e. The molecule has 1 aliphatic rings. The lowest BCUT2D eigenvalue weighted by Crippen LogP contribution is -2.23. The Morgan fingerprint density at radius 1 is 1.11 bits per heavy atom. The number of amides is 1. The molecule has 1 fully saturated rings. The van der Waals surface area contributed by atoms with Crippen molar-refractivity contribution in [3.05, 3.63) is 48.2 Å². The summed E-state index contributed by atoms with van der Waals surface area (Å²) < 4.78 is 11.4. The Morgan fingerprint density at radius 3 is 2.61 bits per heavy atom. The average Bonchev–Trinajstić information content (AvgIpc) is 2.74. The van der Waals surface area contributed by atoms with E-state index in [2.05, 4.69) is 10.3 Å². The zero-order valence-electron chi connectivity index (χ0n) is 16.7. The number of aromatic nitrogens is 1. The number of nitrogens with one attached hydrogen (secondary N) is 1. The van der Waals surface area contributed by atoms with E-state index in [1.807, 2.05) is 43.3 Å². The van der Waals surface area contributed by atoms with Gasteiger partial charge in [-0.15, -0.1) is 0 Å². The summed E-state index contributed by atoms with van der Waals surface area (Å²) >= 11 is 0. The molecule has 0 aliphatic heterocycles. The molecule has 0 radical (unpaired) electrons. The van der Waals surface area contributed by atoms with E-state index in [0.29, 0.717) is 37.0 Å². The summed E-state index contributed by atoms with van der Waals surface area (Å²) in [6.07, 6.45) is 9.93.